The number of benzene rings is 3. The Balaban J connectivity index is 1.18. The predicted octanol–water partition coefficient (Wildman–Crippen LogP) is 5.81. The van der Waals surface area contributed by atoms with Gasteiger partial charge in [-0.2, -0.15) is 5.10 Å². The van der Waals surface area contributed by atoms with Gasteiger partial charge in [-0.15, -0.1) is 0 Å². The fourth-order valence-corrected chi connectivity index (χ4v) is 8.32. The zero-order valence-electron chi connectivity index (χ0n) is 29.5. The maximum Gasteiger partial charge on any atom is 0.310 e. The first-order chi connectivity index (χ1) is 25.3. The first-order valence-corrected chi connectivity index (χ1v) is 18.4. The molecule has 2 amide bonds. The van der Waals surface area contributed by atoms with Crippen molar-refractivity contribution in [2.45, 2.75) is 57.9 Å². The molecule has 3 heterocycles. The summed E-state index contributed by atoms with van der Waals surface area (Å²) in [6.07, 6.45) is 4.85. The highest BCUT2D eigenvalue weighted by Gasteiger charge is 2.44. The molecule has 1 fully saturated rings. The first-order valence-electron chi connectivity index (χ1n) is 17.6. The number of hydrogen-bond donors (Lipinski definition) is 0. The van der Waals surface area contributed by atoms with Crippen molar-refractivity contribution in [3.05, 3.63) is 99.0 Å². The molecule has 3 unspecified atom stereocenters. The average Bonchev–Trinajstić information content (AvgIpc) is 3.74. The predicted molar refractivity (Wildman–Crippen MR) is 194 cm³/mol. The molecule has 2 aliphatic heterocycles. The number of halogens is 1. The van der Waals surface area contributed by atoms with Gasteiger partial charge < -0.3 is 28.7 Å². The number of carbonyl (C=O) groups is 3. The summed E-state index contributed by atoms with van der Waals surface area (Å²) in [5.74, 6) is 0.715. The van der Waals surface area contributed by atoms with Crippen LogP contribution in [0.5, 0.6) is 17.2 Å². The molecule has 52 heavy (non-hydrogen) atoms. The van der Waals surface area contributed by atoms with Crippen LogP contribution < -0.4 is 14.2 Å². The van der Waals surface area contributed by atoms with Gasteiger partial charge >= 0.3 is 5.97 Å². The Labute approximate surface area is 311 Å². The monoisotopic (exact) mass is 771 g/mol. The third kappa shape index (κ3) is 6.98. The largest absolute Gasteiger partial charge is 0.497 e. The molecule has 1 aromatic heterocycles. The minimum atomic E-state index is -0.598. The molecule has 272 valence electrons. The topological polar surface area (TPSA) is 125 Å². The molecule has 0 bridgehead atoms. The number of hydrogen-bond acceptors (Lipinski definition) is 9. The van der Waals surface area contributed by atoms with Gasteiger partial charge in [0.05, 0.1) is 32.1 Å². The Morgan fingerprint density at radius 3 is 2.52 bits per heavy atom. The van der Waals surface area contributed by atoms with E-state index in [4.69, 9.17) is 18.9 Å². The van der Waals surface area contributed by atoms with Gasteiger partial charge in [-0.05, 0) is 60.7 Å². The molecule has 3 aliphatic rings. The molecule has 0 spiro atoms. The fraction of sp³-hybridized carbons (Fsp3) is 0.410. The highest BCUT2D eigenvalue weighted by Crippen LogP contribution is 2.44. The summed E-state index contributed by atoms with van der Waals surface area (Å²) < 4.78 is 25.7. The Kier molecular flexibility index (Phi) is 10.5. The van der Waals surface area contributed by atoms with E-state index >= 15 is 0 Å². The van der Waals surface area contributed by atoms with Crippen molar-refractivity contribution in [3.8, 4) is 17.2 Å². The van der Waals surface area contributed by atoms with Crippen LogP contribution >= 0.6 is 15.9 Å². The molecule has 1 saturated carbocycles. The standard InChI is InChI=1S/C39H42BrN5O7/c1-43-35(41-23-42-43)22-51-33-15-14-31(40)30-16-17-45(32(36(30)33)20-44-19-24-8-4-5-9-27(24)37(44)46)38(47)28-10-6-7-11-29(28)39(48)52-21-25-12-13-26(49-2)18-34(25)50-3/h4-5,8-9,12-15,18,23,28-29,32H,6-7,10-11,16-17,19-22H2,1-3H3. The van der Waals surface area contributed by atoms with Gasteiger partial charge in [0.15, 0.2) is 5.82 Å². The van der Waals surface area contributed by atoms with Crippen LogP contribution in [0.1, 0.15) is 70.2 Å². The Bertz CT molecular complexity index is 1980. The number of carbonyl (C=O) groups excluding carboxylic acids is 3. The number of amides is 2. The van der Waals surface area contributed by atoms with Crippen molar-refractivity contribution >= 4 is 33.7 Å². The number of aryl methyl sites for hydroxylation is 1. The molecule has 13 heteroatoms. The highest BCUT2D eigenvalue weighted by atomic mass is 79.9. The summed E-state index contributed by atoms with van der Waals surface area (Å²) >= 11 is 3.77. The molecule has 7 rings (SSSR count). The molecular formula is C39H42BrN5O7. The van der Waals surface area contributed by atoms with Gasteiger partial charge in [-0.1, -0.05) is 47.0 Å². The van der Waals surface area contributed by atoms with E-state index in [0.29, 0.717) is 66.6 Å². The second-order valence-corrected chi connectivity index (χ2v) is 14.3. The number of methoxy groups -OCH3 is 2. The fourth-order valence-electron chi connectivity index (χ4n) is 7.77. The van der Waals surface area contributed by atoms with Crippen molar-refractivity contribution in [2.75, 3.05) is 27.3 Å². The van der Waals surface area contributed by atoms with Crippen molar-refractivity contribution in [2.24, 2.45) is 18.9 Å². The normalized spacial score (nSPS) is 19.5. The lowest BCUT2D eigenvalue weighted by atomic mass is 9.77. The Morgan fingerprint density at radius 1 is 0.962 bits per heavy atom. The number of nitrogens with zero attached hydrogens (tertiary/aromatic N) is 5. The van der Waals surface area contributed by atoms with Gasteiger partial charge in [0.2, 0.25) is 5.91 Å². The number of fused-ring (bicyclic) bond motifs is 2. The van der Waals surface area contributed by atoms with Crippen LogP contribution in [0.15, 0.2) is 65.4 Å². The Hall–Kier alpha value is -4.91. The SMILES string of the molecule is COc1ccc(COC(=O)C2CCCCC2C(=O)N2CCc3c(Br)ccc(OCc4ncnn4C)c3C2CN2Cc3ccccc3C2=O)c(OC)c1. The number of aromatic nitrogens is 3. The minimum absolute atomic E-state index is 0.0149. The Morgan fingerprint density at radius 2 is 1.77 bits per heavy atom. The van der Waals surface area contributed by atoms with E-state index in [1.807, 2.05) is 59.3 Å². The van der Waals surface area contributed by atoms with E-state index in [-0.39, 0.29) is 31.6 Å². The van der Waals surface area contributed by atoms with Gasteiger partial charge in [0.1, 0.15) is 36.8 Å². The third-order valence-electron chi connectivity index (χ3n) is 10.6. The summed E-state index contributed by atoms with van der Waals surface area (Å²) in [6.45, 7) is 1.33. The van der Waals surface area contributed by atoms with Crippen molar-refractivity contribution < 1.29 is 33.3 Å². The van der Waals surface area contributed by atoms with Crippen molar-refractivity contribution in [1.82, 2.24) is 24.6 Å². The van der Waals surface area contributed by atoms with Crippen LogP contribution in [0.25, 0.3) is 0 Å². The lowest BCUT2D eigenvalue weighted by Gasteiger charge is -2.43. The van der Waals surface area contributed by atoms with E-state index in [1.165, 1.54) is 6.33 Å². The van der Waals surface area contributed by atoms with Crippen LogP contribution in [0.4, 0.5) is 0 Å². The number of esters is 1. The van der Waals surface area contributed by atoms with E-state index in [0.717, 1.165) is 34.0 Å². The number of rotatable bonds is 11. The maximum absolute atomic E-state index is 14.9. The molecule has 0 saturated heterocycles. The molecule has 0 N–H and O–H groups in total. The second kappa shape index (κ2) is 15.4. The molecule has 4 aromatic rings. The summed E-state index contributed by atoms with van der Waals surface area (Å²) in [5, 5.41) is 4.17. The lowest BCUT2D eigenvalue weighted by Crippen LogP contribution is -2.50. The molecule has 3 atom stereocenters. The smallest absolute Gasteiger partial charge is 0.310 e. The van der Waals surface area contributed by atoms with Crippen LogP contribution in [0.2, 0.25) is 0 Å². The van der Waals surface area contributed by atoms with Gasteiger partial charge in [-0.25, -0.2) is 4.98 Å². The molecule has 12 nitrogen and oxygen atoms in total. The second-order valence-electron chi connectivity index (χ2n) is 13.4. The lowest BCUT2D eigenvalue weighted by molar-refractivity contribution is -0.159. The minimum Gasteiger partial charge on any atom is -0.497 e. The van der Waals surface area contributed by atoms with Crippen molar-refractivity contribution in [1.29, 1.82) is 0 Å². The van der Waals surface area contributed by atoms with E-state index in [9.17, 15) is 14.4 Å². The third-order valence-corrected chi connectivity index (χ3v) is 11.3. The van der Waals surface area contributed by atoms with Gasteiger partial charge in [0, 0.05) is 53.9 Å². The summed E-state index contributed by atoms with van der Waals surface area (Å²) in [7, 11) is 4.94. The van der Waals surface area contributed by atoms with Crippen LogP contribution in [-0.2, 0) is 47.6 Å². The average molecular weight is 773 g/mol. The number of ether oxygens (including phenoxy) is 4. The quantitative estimate of drug-likeness (QED) is 0.174. The summed E-state index contributed by atoms with van der Waals surface area (Å²) in [6, 6.07) is 16.3. The highest BCUT2D eigenvalue weighted by molar-refractivity contribution is 9.10. The molecule has 3 aromatic carbocycles. The molecule has 1 aliphatic carbocycles. The molecule has 0 radical (unpaired) electrons. The van der Waals surface area contributed by atoms with Crippen LogP contribution in [-0.4, -0.2) is 69.7 Å². The zero-order chi connectivity index (χ0) is 36.4. The van der Waals surface area contributed by atoms with Crippen LogP contribution in [0.3, 0.4) is 0 Å². The van der Waals surface area contributed by atoms with Crippen molar-refractivity contribution in [3.63, 3.8) is 0 Å². The van der Waals surface area contributed by atoms with E-state index < -0.39 is 23.8 Å². The summed E-state index contributed by atoms with van der Waals surface area (Å²) in [4.78, 5) is 50.4. The molecular weight excluding hydrogens is 730 g/mol. The zero-order valence-corrected chi connectivity index (χ0v) is 31.1. The van der Waals surface area contributed by atoms with Crippen LogP contribution in [0, 0.1) is 11.8 Å². The van der Waals surface area contributed by atoms with Gasteiger partial charge in [0.25, 0.3) is 5.91 Å². The van der Waals surface area contributed by atoms with E-state index in [1.54, 1.807) is 31.0 Å². The summed E-state index contributed by atoms with van der Waals surface area (Å²) in [5.41, 5.74) is 4.22. The maximum atomic E-state index is 14.9. The van der Waals surface area contributed by atoms with E-state index in [2.05, 4.69) is 26.0 Å². The van der Waals surface area contributed by atoms with Gasteiger partial charge in [-0.3, -0.25) is 19.1 Å². The first kappa shape index (κ1) is 35.5.